The summed E-state index contributed by atoms with van der Waals surface area (Å²) in [6, 6.07) is 6.34. The van der Waals surface area contributed by atoms with Crippen LogP contribution in [0.15, 0.2) is 24.3 Å². The number of thiazole rings is 1. The molecule has 1 aromatic heterocycles. The first-order valence-corrected chi connectivity index (χ1v) is 6.56. The van der Waals surface area contributed by atoms with Crippen molar-refractivity contribution in [3.05, 3.63) is 40.4 Å². The van der Waals surface area contributed by atoms with Crippen LogP contribution >= 0.6 is 11.3 Å². The molecule has 0 atom stereocenters. The number of aryl methyl sites for hydroxylation is 1. The minimum Gasteiger partial charge on any atom is -0.481 e. The monoisotopic (exact) mass is 292 g/mol. The average molecular weight is 292 g/mol. The Balaban J connectivity index is 2.20. The number of aromatic carboxylic acids is 1. The van der Waals surface area contributed by atoms with Crippen molar-refractivity contribution in [2.75, 3.05) is 5.32 Å². The van der Waals surface area contributed by atoms with Crippen LogP contribution in [0.1, 0.15) is 20.9 Å². The quantitative estimate of drug-likeness (QED) is 0.783. The van der Waals surface area contributed by atoms with E-state index in [4.69, 9.17) is 10.2 Å². The van der Waals surface area contributed by atoms with Gasteiger partial charge in [0.05, 0.1) is 17.7 Å². The number of hydrogen-bond donors (Lipinski definition) is 3. The van der Waals surface area contributed by atoms with Crippen LogP contribution in [0, 0.1) is 6.92 Å². The van der Waals surface area contributed by atoms with Crippen molar-refractivity contribution in [2.45, 2.75) is 13.3 Å². The lowest BCUT2D eigenvalue weighted by Gasteiger charge is -2.03. The first-order valence-electron chi connectivity index (χ1n) is 5.74. The largest absolute Gasteiger partial charge is 0.481 e. The van der Waals surface area contributed by atoms with E-state index >= 15 is 0 Å². The Labute approximate surface area is 118 Å². The number of nitrogens with zero attached hydrogens (tertiary/aromatic N) is 1. The van der Waals surface area contributed by atoms with E-state index in [-0.39, 0.29) is 12.0 Å². The smallest absolute Gasteiger partial charge is 0.335 e. The van der Waals surface area contributed by atoms with Crippen LogP contribution in [0.3, 0.4) is 0 Å². The summed E-state index contributed by atoms with van der Waals surface area (Å²) in [5, 5.41) is 21.2. The first kappa shape index (κ1) is 14.0. The van der Waals surface area contributed by atoms with Crippen LogP contribution in [0.4, 0.5) is 10.8 Å². The highest BCUT2D eigenvalue weighted by Crippen LogP contribution is 2.26. The van der Waals surface area contributed by atoms with Gasteiger partial charge >= 0.3 is 11.9 Å². The van der Waals surface area contributed by atoms with Crippen LogP contribution in [0.5, 0.6) is 0 Å². The highest BCUT2D eigenvalue weighted by atomic mass is 32.1. The number of aromatic nitrogens is 1. The fraction of sp³-hybridized carbons (Fsp3) is 0.154. The Kier molecular flexibility index (Phi) is 3.99. The molecule has 0 saturated carbocycles. The maximum atomic E-state index is 10.9. The van der Waals surface area contributed by atoms with Crippen molar-refractivity contribution in [1.82, 2.24) is 4.98 Å². The van der Waals surface area contributed by atoms with Crippen molar-refractivity contribution in [1.29, 1.82) is 0 Å². The average Bonchev–Trinajstić information content (AvgIpc) is 2.69. The molecule has 0 aliphatic heterocycles. The maximum Gasteiger partial charge on any atom is 0.335 e. The van der Waals surface area contributed by atoms with Crippen LogP contribution in [0.2, 0.25) is 0 Å². The summed E-state index contributed by atoms with van der Waals surface area (Å²) >= 11 is 1.25. The molecule has 3 N–H and O–H groups in total. The van der Waals surface area contributed by atoms with Gasteiger partial charge in [-0.05, 0) is 25.1 Å². The van der Waals surface area contributed by atoms with Crippen LogP contribution in [-0.2, 0) is 11.2 Å². The molecule has 7 heteroatoms. The molecule has 1 heterocycles. The molecule has 6 nitrogen and oxygen atoms in total. The molecule has 0 aliphatic carbocycles. The van der Waals surface area contributed by atoms with Crippen molar-refractivity contribution in [2.24, 2.45) is 0 Å². The summed E-state index contributed by atoms with van der Waals surface area (Å²) in [7, 11) is 0. The SMILES string of the molecule is Cc1nc(Nc2cccc(C(=O)O)c2)sc1CC(=O)O. The number of anilines is 2. The first-order chi connectivity index (χ1) is 9.45. The molecule has 0 fully saturated rings. The highest BCUT2D eigenvalue weighted by molar-refractivity contribution is 7.15. The molecule has 0 aliphatic rings. The Bertz CT molecular complexity index is 666. The molecular weight excluding hydrogens is 280 g/mol. The van der Waals surface area contributed by atoms with Crippen molar-refractivity contribution >= 4 is 34.1 Å². The zero-order valence-corrected chi connectivity index (χ0v) is 11.4. The minimum absolute atomic E-state index is 0.0691. The number of carboxylic acids is 2. The van der Waals surface area contributed by atoms with E-state index in [1.54, 1.807) is 19.1 Å². The molecule has 2 aromatic rings. The van der Waals surface area contributed by atoms with Gasteiger partial charge in [-0.25, -0.2) is 9.78 Å². The second kappa shape index (κ2) is 5.70. The predicted octanol–water partition coefficient (Wildman–Crippen LogP) is 2.52. The van der Waals surface area contributed by atoms with Crippen LogP contribution in [-0.4, -0.2) is 27.1 Å². The number of aliphatic carboxylic acids is 1. The van der Waals surface area contributed by atoms with Crippen molar-refractivity contribution in [3.63, 3.8) is 0 Å². The second-order valence-corrected chi connectivity index (χ2v) is 5.19. The van der Waals surface area contributed by atoms with Gasteiger partial charge in [0.15, 0.2) is 5.13 Å². The summed E-state index contributed by atoms with van der Waals surface area (Å²) < 4.78 is 0. The Hall–Kier alpha value is -2.41. The number of rotatable bonds is 5. The summed E-state index contributed by atoms with van der Waals surface area (Å²) in [6.07, 6.45) is -0.0691. The maximum absolute atomic E-state index is 10.9. The third kappa shape index (κ3) is 3.33. The van der Waals surface area contributed by atoms with E-state index in [1.165, 1.54) is 23.5 Å². The van der Waals surface area contributed by atoms with Gasteiger partial charge < -0.3 is 15.5 Å². The number of benzene rings is 1. The summed E-state index contributed by atoms with van der Waals surface area (Å²) in [5.41, 5.74) is 1.43. The van der Waals surface area contributed by atoms with Crippen LogP contribution < -0.4 is 5.32 Å². The zero-order chi connectivity index (χ0) is 14.7. The van der Waals surface area contributed by atoms with E-state index in [9.17, 15) is 9.59 Å². The van der Waals surface area contributed by atoms with Gasteiger partial charge in [0, 0.05) is 10.6 Å². The van der Waals surface area contributed by atoms with Gasteiger partial charge in [-0.3, -0.25) is 4.79 Å². The fourth-order valence-electron chi connectivity index (χ4n) is 1.64. The minimum atomic E-state index is -1.00. The van der Waals surface area contributed by atoms with E-state index in [0.717, 1.165) is 0 Å². The van der Waals surface area contributed by atoms with E-state index in [2.05, 4.69) is 10.3 Å². The molecular formula is C13H12N2O4S. The Morgan fingerprint density at radius 1 is 1.35 bits per heavy atom. The lowest BCUT2D eigenvalue weighted by molar-refractivity contribution is -0.136. The molecule has 0 amide bonds. The molecule has 0 unspecified atom stereocenters. The fourth-order valence-corrected chi connectivity index (χ4v) is 2.61. The molecule has 20 heavy (non-hydrogen) atoms. The molecule has 0 spiro atoms. The van der Waals surface area contributed by atoms with Crippen LogP contribution in [0.25, 0.3) is 0 Å². The Morgan fingerprint density at radius 3 is 2.75 bits per heavy atom. The lowest BCUT2D eigenvalue weighted by Crippen LogP contribution is -1.99. The standard InChI is InChI=1S/C13H12N2O4S/c1-7-10(6-11(16)17)20-13(14-7)15-9-4-2-3-8(5-9)12(18)19/h2-5H,6H2,1H3,(H,14,15)(H,16,17)(H,18,19). The number of carboxylic acid groups (broad SMARTS) is 2. The molecule has 0 saturated heterocycles. The third-order valence-corrected chi connectivity index (χ3v) is 3.64. The van der Waals surface area contributed by atoms with E-state index in [1.807, 2.05) is 0 Å². The number of nitrogens with one attached hydrogen (secondary N) is 1. The van der Waals surface area contributed by atoms with Crippen molar-refractivity contribution < 1.29 is 19.8 Å². The summed E-state index contributed by atoms with van der Waals surface area (Å²) in [4.78, 5) is 26.5. The molecule has 2 rings (SSSR count). The normalized spacial score (nSPS) is 10.2. The molecule has 1 aromatic carbocycles. The van der Waals surface area contributed by atoms with Crippen molar-refractivity contribution in [3.8, 4) is 0 Å². The van der Waals surface area contributed by atoms with Gasteiger partial charge in [-0.1, -0.05) is 6.07 Å². The highest BCUT2D eigenvalue weighted by Gasteiger charge is 2.11. The lowest BCUT2D eigenvalue weighted by atomic mass is 10.2. The number of carbonyl (C=O) groups is 2. The molecule has 0 bridgehead atoms. The second-order valence-electron chi connectivity index (χ2n) is 4.11. The van der Waals surface area contributed by atoms with Gasteiger partial charge in [0.1, 0.15) is 0 Å². The van der Waals surface area contributed by atoms with Gasteiger partial charge in [0.2, 0.25) is 0 Å². The van der Waals surface area contributed by atoms with Gasteiger partial charge in [-0.15, -0.1) is 11.3 Å². The van der Waals surface area contributed by atoms with Gasteiger partial charge in [0.25, 0.3) is 0 Å². The van der Waals surface area contributed by atoms with Gasteiger partial charge in [-0.2, -0.15) is 0 Å². The van der Waals surface area contributed by atoms with E-state index in [0.29, 0.717) is 21.4 Å². The summed E-state index contributed by atoms with van der Waals surface area (Å²) in [5.74, 6) is -1.91. The summed E-state index contributed by atoms with van der Waals surface area (Å²) in [6.45, 7) is 1.74. The predicted molar refractivity (Wildman–Crippen MR) is 74.9 cm³/mol. The Morgan fingerprint density at radius 2 is 2.10 bits per heavy atom. The topological polar surface area (TPSA) is 99.5 Å². The molecule has 0 radical (unpaired) electrons. The zero-order valence-electron chi connectivity index (χ0n) is 10.6. The number of hydrogen-bond acceptors (Lipinski definition) is 5. The molecule has 104 valence electrons. The third-order valence-electron chi connectivity index (χ3n) is 2.57. The van der Waals surface area contributed by atoms with E-state index < -0.39 is 11.9 Å².